The number of anilines is 1. The van der Waals surface area contributed by atoms with E-state index in [1.165, 1.54) is 0 Å². The lowest BCUT2D eigenvalue weighted by Gasteiger charge is -2.33. The highest BCUT2D eigenvalue weighted by molar-refractivity contribution is 6.25. The molecule has 1 amide bonds. The predicted molar refractivity (Wildman–Crippen MR) is 130 cm³/mol. The van der Waals surface area contributed by atoms with Crippen molar-refractivity contribution >= 4 is 35.1 Å². The van der Waals surface area contributed by atoms with Gasteiger partial charge < -0.3 is 15.0 Å². The molecule has 3 aromatic rings. The number of amides is 1. The second-order valence-electron chi connectivity index (χ2n) is 8.38. The number of nitrogens with one attached hydrogen (secondary N) is 1. The first kappa shape index (κ1) is 22.1. The van der Waals surface area contributed by atoms with Crippen LogP contribution >= 0.6 is 23.6 Å². The van der Waals surface area contributed by atoms with E-state index >= 15 is 0 Å². The molecule has 3 N–H and O–H groups in total. The lowest BCUT2D eigenvalue weighted by Crippen LogP contribution is -2.40. The largest absolute Gasteiger partial charge is 0.457 e. The van der Waals surface area contributed by atoms with E-state index < -0.39 is 5.91 Å². The molecule has 0 saturated carbocycles. The summed E-state index contributed by atoms with van der Waals surface area (Å²) in [6.45, 7) is 3.26. The minimum absolute atomic E-state index is 0.360. The minimum atomic E-state index is -0.531. The number of nitrogens with two attached hydrogens (primary N) is 1. The lowest BCUT2D eigenvalue weighted by molar-refractivity contribution is 0.0994. The van der Waals surface area contributed by atoms with E-state index in [4.69, 9.17) is 34.0 Å². The molecule has 3 heterocycles. The number of ether oxygens (including phenoxy) is 1. The molecule has 1 fully saturated rings. The summed E-state index contributed by atoms with van der Waals surface area (Å²) in [6, 6.07) is 17.6. The summed E-state index contributed by atoms with van der Waals surface area (Å²) in [5, 5.41) is 0. The monoisotopic (exact) mass is 485 g/mol. The van der Waals surface area contributed by atoms with E-state index in [0.717, 1.165) is 55.2 Å². The summed E-state index contributed by atoms with van der Waals surface area (Å²) >= 11 is 12.3. The third-order valence-electron chi connectivity index (χ3n) is 6.41. The zero-order valence-electron chi connectivity index (χ0n) is 18.0. The Bertz CT molecular complexity index is 1150. The molecule has 1 unspecified atom stereocenters. The Hall–Kier alpha value is -2.71. The van der Waals surface area contributed by atoms with Crippen LogP contribution in [0.4, 0.5) is 5.69 Å². The van der Waals surface area contributed by atoms with Gasteiger partial charge in [0.25, 0.3) is 5.91 Å². The predicted octanol–water partition coefficient (Wildman–Crippen LogP) is 4.52. The molecule has 1 atom stereocenters. The number of rotatable bonds is 6. The number of aromatic nitrogens is 1. The average Bonchev–Trinajstić information content (AvgIpc) is 3.41. The fourth-order valence-electron chi connectivity index (χ4n) is 4.85. The number of fused-ring (bicyclic) bond motifs is 1. The zero-order chi connectivity index (χ0) is 22.9. The highest BCUT2D eigenvalue weighted by Gasteiger charge is 2.34. The summed E-state index contributed by atoms with van der Waals surface area (Å²) in [4.78, 5) is 17.7. The van der Waals surface area contributed by atoms with E-state index in [-0.39, 0.29) is 0 Å². The van der Waals surface area contributed by atoms with Gasteiger partial charge in [-0.15, -0.1) is 0 Å². The van der Waals surface area contributed by atoms with Crippen LogP contribution in [0.25, 0.3) is 5.69 Å². The van der Waals surface area contributed by atoms with Gasteiger partial charge in [0.05, 0.1) is 5.69 Å². The molecule has 1 saturated heterocycles. The first-order valence-electron chi connectivity index (χ1n) is 11.0. The van der Waals surface area contributed by atoms with Crippen molar-refractivity contribution in [2.24, 2.45) is 5.73 Å². The molecule has 9 heteroatoms. The number of nitrogens with zero attached hydrogens (tertiary/aromatic N) is 3. The number of benzene rings is 2. The second-order valence-corrected chi connectivity index (χ2v) is 9.05. The van der Waals surface area contributed by atoms with Crippen LogP contribution in [0.3, 0.4) is 0 Å². The van der Waals surface area contributed by atoms with Gasteiger partial charge in [0, 0.05) is 67.4 Å². The van der Waals surface area contributed by atoms with Crippen LogP contribution in [0.15, 0.2) is 54.6 Å². The number of para-hydroxylation sites is 1. The number of primary amides is 1. The summed E-state index contributed by atoms with van der Waals surface area (Å²) in [5.74, 6) is 0.939. The molecular weight excluding hydrogens is 461 g/mol. The Balaban J connectivity index is 1.49. The van der Waals surface area contributed by atoms with E-state index in [1.54, 1.807) is 0 Å². The molecule has 0 spiro atoms. The van der Waals surface area contributed by atoms with Gasteiger partial charge in [-0.2, -0.15) is 0 Å². The summed E-state index contributed by atoms with van der Waals surface area (Å²) in [5.41, 5.74) is 9.64. The first-order chi connectivity index (χ1) is 16.0. The normalized spacial score (nSPS) is 18.8. The number of halogens is 2. The van der Waals surface area contributed by atoms with Crippen LogP contribution in [0.1, 0.15) is 28.2 Å². The molecule has 2 aliphatic heterocycles. The molecule has 0 radical (unpaired) electrons. The quantitative estimate of drug-likeness (QED) is 0.502. The third kappa shape index (κ3) is 4.29. The molecule has 33 heavy (non-hydrogen) atoms. The Labute approximate surface area is 202 Å². The highest BCUT2D eigenvalue weighted by atomic mass is 35.5. The van der Waals surface area contributed by atoms with Crippen molar-refractivity contribution in [1.82, 2.24) is 13.9 Å². The van der Waals surface area contributed by atoms with Crippen LogP contribution in [-0.2, 0) is 13.0 Å². The second kappa shape index (κ2) is 9.27. The first-order valence-corrected chi connectivity index (χ1v) is 11.7. The lowest BCUT2D eigenvalue weighted by atomic mass is 10.0. The maximum Gasteiger partial charge on any atom is 0.267 e. The van der Waals surface area contributed by atoms with Crippen LogP contribution in [0, 0.1) is 0 Å². The Kier molecular flexibility index (Phi) is 6.21. The summed E-state index contributed by atoms with van der Waals surface area (Å²) < 4.78 is 9.67. The smallest absolute Gasteiger partial charge is 0.267 e. The van der Waals surface area contributed by atoms with Crippen molar-refractivity contribution in [2.45, 2.75) is 25.4 Å². The molecule has 5 rings (SSSR count). The van der Waals surface area contributed by atoms with E-state index in [9.17, 15) is 4.79 Å². The topological polar surface area (TPSA) is 75.8 Å². The van der Waals surface area contributed by atoms with Crippen LogP contribution in [0.5, 0.6) is 11.5 Å². The standard InChI is InChI=1S/C24H25Cl2N5O2/c25-28-22-20-15-29(17-10-13-30(26)14-17)12-11-21(20)31(23(22)24(27)32)16-6-8-19(9-7-16)33-18-4-2-1-3-5-18/h1-9,17,28H,10-15H2,(H2,27,32). The van der Waals surface area contributed by atoms with Gasteiger partial charge in [-0.05, 0) is 54.6 Å². The zero-order valence-corrected chi connectivity index (χ0v) is 19.5. The van der Waals surface area contributed by atoms with Gasteiger partial charge in [-0.1, -0.05) is 18.2 Å². The Morgan fingerprint density at radius 1 is 1.06 bits per heavy atom. The van der Waals surface area contributed by atoms with E-state index in [0.29, 0.717) is 29.7 Å². The van der Waals surface area contributed by atoms with Crippen molar-refractivity contribution in [3.63, 3.8) is 0 Å². The van der Waals surface area contributed by atoms with Crippen molar-refractivity contribution in [3.05, 3.63) is 71.5 Å². The Morgan fingerprint density at radius 2 is 1.79 bits per heavy atom. The number of hydrogen-bond donors (Lipinski definition) is 2. The Morgan fingerprint density at radius 3 is 2.42 bits per heavy atom. The molecule has 1 aromatic heterocycles. The number of carbonyl (C=O) groups excluding carboxylic acids is 1. The van der Waals surface area contributed by atoms with Crippen LogP contribution in [-0.4, -0.2) is 45.5 Å². The van der Waals surface area contributed by atoms with Gasteiger partial charge in [-0.25, -0.2) is 4.42 Å². The van der Waals surface area contributed by atoms with E-state index in [1.807, 2.05) is 63.6 Å². The van der Waals surface area contributed by atoms with Gasteiger partial charge in [0.15, 0.2) is 0 Å². The molecule has 2 aromatic carbocycles. The van der Waals surface area contributed by atoms with E-state index in [2.05, 4.69) is 9.74 Å². The molecule has 7 nitrogen and oxygen atoms in total. The van der Waals surface area contributed by atoms with Crippen molar-refractivity contribution in [1.29, 1.82) is 0 Å². The maximum atomic E-state index is 12.5. The van der Waals surface area contributed by atoms with Gasteiger partial charge in [0.2, 0.25) is 0 Å². The molecule has 172 valence electrons. The third-order valence-corrected chi connectivity index (χ3v) is 6.91. The van der Waals surface area contributed by atoms with Gasteiger partial charge >= 0.3 is 0 Å². The molecule has 0 aliphatic carbocycles. The van der Waals surface area contributed by atoms with Crippen molar-refractivity contribution < 1.29 is 9.53 Å². The highest BCUT2D eigenvalue weighted by Crippen LogP contribution is 2.37. The van der Waals surface area contributed by atoms with Crippen molar-refractivity contribution in [2.75, 3.05) is 24.5 Å². The summed E-state index contributed by atoms with van der Waals surface area (Å²) in [6.07, 6.45) is 1.80. The number of carbonyl (C=O) groups is 1. The number of hydrogen-bond acceptors (Lipinski definition) is 5. The van der Waals surface area contributed by atoms with Gasteiger partial charge in [-0.3, -0.25) is 14.5 Å². The summed E-state index contributed by atoms with van der Waals surface area (Å²) in [7, 11) is 0. The molecule has 2 aliphatic rings. The minimum Gasteiger partial charge on any atom is -0.457 e. The van der Waals surface area contributed by atoms with Crippen LogP contribution in [0.2, 0.25) is 0 Å². The fourth-order valence-corrected chi connectivity index (χ4v) is 5.31. The van der Waals surface area contributed by atoms with Gasteiger partial charge in [0.1, 0.15) is 17.2 Å². The fraction of sp³-hybridized carbons (Fsp3) is 0.292. The maximum absolute atomic E-state index is 12.5. The molecular formula is C24H25Cl2N5O2. The van der Waals surface area contributed by atoms with Crippen molar-refractivity contribution in [3.8, 4) is 17.2 Å². The SMILES string of the molecule is NC(=O)c1c(NCl)c2c(n1-c1ccc(Oc3ccccc3)cc1)CCN(C1CCN(Cl)C1)C2. The van der Waals surface area contributed by atoms with Crippen LogP contribution < -0.4 is 15.3 Å². The average molecular weight is 486 g/mol. The molecule has 0 bridgehead atoms.